The minimum Gasteiger partial charge on any atom is -0.478 e. The van der Waals surface area contributed by atoms with Gasteiger partial charge in [-0.05, 0) is 37.3 Å². The highest BCUT2D eigenvalue weighted by molar-refractivity contribution is 6.39. The number of non-ortho nitro benzene ring substituents is 1. The number of nitro groups is 1. The molecule has 0 spiro atoms. The van der Waals surface area contributed by atoms with Gasteiger partial charge in [-0.25, -0.2) is 4.79 Å². The minimum absolute atomic E-state index is 0.0181. The van der Waals surface area contributed by atoms with Crippen LogP contribution in [0, 0.1) is 17.0 Å². The zero-order valence-corrected chi connectivity index (χ0v) is 20.9. The van der Waals surface area contributed by atoms with Crippen molar-refractivity contribution in [1.82, 2.24) is 0 Å². The Kier molecular flexibility index (Phi) is 12.0. The molecule has 0 saturated carbocycles. The molecule has 3 N–H and O–H groups in total. The lowest BCUT2D eigenvalue weighted by atomic mass is 10.2. The Balaban J connectivity index is 0.000000369. The molecule has 180 valence electrons. The van der Waals surface area contributed by atoms with Gasteiger partial charge in [-0.15, -0.1) is 10.2 Å². The molecule has 34 heavy (non-hydrogen) atoms. The normalized spacial score (nSPS) is 10.1. The van der Waals surface area contributed by atoms with Gasteiger partial charge in [0.05, 0.1) is 25.6 Å². The molecule has 0 radical (unpaired) electrons. The summed E-state index contributed by atoms with van der Waals surface area (Å²) in [6, 6.07) is 13.8. The highest BCUT2D eigenvalue weighted by atomic mass is 35.5. The predicted molar refractivity (Wildman–Crippen MR) is 137 cm³/mol. The second-order valence-corrected chi connectivity index (χ2v) is 8.03. The molecule has 0 aliphatic rings. The van der Waals surface area contributed by atoms with Crippen molar-refractivity contribution in [2.45, 2.75) is 27.2 Å². The Morgan fingerprint density at radius 3 is 1.94 bits per heavy atom. The first-order valence-corrected chi connectivity index (χ1v) is 11.0. The van der Waals surface area contributed by atoms with Crippen molar-refractivity contribution in [2.24, 2.45) is 10.2 Å². The van der Waals surface area contributed by atoms with Crippen LogP contribution in [0.2, 0.25) is 15.1 Å². The monoisotopic (exact) mass is 524 g/mol. The van der Waals surface area contributed by atoms with Crippen molar-refractivity contribution < 1.29 is 14.8 Å². The highest BCUT2D eigenvalue weighted by Gasteiger charge is 2.14. The lowest BCUT2D eigenvalue weighted by Gasteiger charge is -2.02. The summed E-state index contributed by atoms with van der Waals surface area (Å²) in [6.07, 6.45) is 1.25. The third kappa shape index (κ3) is 9.35. The lowest BCUT2D eigenvalue weighted by molar-refractivity contribution is -0.384. The molecule has 3 aromatic rings. The fourth-order valence-electron chi connectivity index (χ4n) is 2.16. The number of hydrogen-bond acceptors (Lipinski definition) is 6. The van der Waals surface area contributed by atoms with Gasteiger partial charge < -0.3 is 10.8 Å². The molecule has 8 nitrogen and oxygen atoms in total. The van der Waals surface area contributed by atoms with Crippen LogP contribution in [0.1, 0.15) is 36.2 Å². The second kappa shape index (κ2) is 14.1. The van der Waals surface area contributed by atoms with E-state index in [0.717, 1.165) is 17.7 Å². The van der Waals surface area contributed by atoms with Crippen molar-refractivity contribution in [3.05, 3.63) is 90.9 Å². The lowest BCUT2D eigenvalue weighted by Crippen LogP contribution is -1.94. The number of halogens is 3. The van der Waals surface area contributed by atoms with Crippen LogP contribution in [0.3, 0.4) is 0 Å². The molecule has 3 aromatic carbocycles. The zero-order valence-electron chi connectivity index (χ0n) is 18.6. The molecule has 3 rings (SSSR count). The van der Waals surface area contributed by atoms with Gasteiger partial charge >= 0.3 is 5.97 Å². The zero-order chi connectivity index (χ0) is 25.8. The SMILES string of the molecule is CCC.Cc1ccc(C(=O)O)cc1.Nc1ccc(N=Nc2c(Cl)cc([N+](=O)[O-])cc2Cl)c(Cl)c1. The maximum absolute atomic E-state index is 10.7. The summed E-state index contributed by atoms with van der Waals surface area (Å²) in [5.41, 5.74) is 7.74. The standard InChI is InChI=1S/C12H7Cl3N4O2.C8H8O2.C3H8/c13-8-3-6(16)1-2-11(8)17-18-12-9(14)4-7(19(20)21)5-10(12)15;1-6-2-4-7(5-3-6)8(9)10;1-3-2/h1-5H,16H2;2-5H,1H3,(H,9,10);3H2,1-2H3. The Labute approximate surface area is 212 Å². The van der Waals surface area contributed by atoms with E-state index in [1.165, 1.54) is 12.5 Å². The predicted octanol–water partition coefficient (Wildman–Crippen LogP) is 8.66. The summed E-state index contributed by atoms with van der Waals surface area (Å²) in [5.74, 6) is -0.875. The molecule has 0 amide bonds. The number of nitrogens with two attached hydrogens (primary N) is 1. The van der Waals surface area contributed by atoms with Crippen molar-refractivity contribution in [3.63, 3.8) is 0 Å². The fraction of sp³-hybridized carbons (Fsp3) is 0.174. The number of rotatable bonds is 4. The number of carboxylic acid groups (broad SMARTS) is 1. The number of benzene rings is 3. The Morgan fingerprint density at radius 1 is 0.971 bits per heavy atom. The summed E-state index contributed by atoms with van der Waals surface area (Å²) in [6.45, 7) is 6.17. The molecule has 0 unspecified atom stereocenters. The van der Waals surface area contributed by atoms with E-state index in [0.29, 0.717) is 22.0 Å². The van der Waals surface area contributed by atoms with E-state index < -0.39 is 10.9 Å². The van der Waals surface area contributed by atoms with Gasteiger partial charge in [0.15, 0.2) is 0 Å². The summed E-state index contributed by atoms with van der Waals surface area (Å²) in [4.78, 5) is 20.4. The molecule has 0 bridgehead atoms. The first-order valence-electron chi connectivity index (χ1n) is 9.90. The number of nitro benzene ring substituents is 1. The number of hydrogen-bond donors (Lipinski definition) is 2. The molecule has 0 saturated heterocycles. The summed E-state index contributed by atoms with van der Waals surface area (Å²) in [7, 11) is 0. The van der Waals surface area contributed by atoms with Gasteiger partial charge in [0.1, 0.15) is 11.4 Å². The van der Waals surface area contributed by atoms with Crippen LogP contribution in [0.5, 0.6) is 0 Å². The van der Waals surface area contributed by atoms with Gasteiger partial charge in [0.2, 0.25) is 0 Å². The first-order chi connectivity index (χ1) is 16.0. The van der Waals surface area contributed by atoms with E-state index in [1.54, 1.807) is 36.4 Å². The number of azo groups is 1. The quantitative estimate of drug-likeness (QED) is 0.152. The molecule has 11 heteroatoms. The molecule has 0 heterocycles. The van der Waals surface area contributed by atoms with Gasteiger partial charge in [-0.2, -0.15) is 0 Å². The molecule has 0 aliphatic carbocycles. The number of nitrogens with zero attached hydrogens (tertiary/aromatic N) is 3. The number of nitrogen functional groups attached to an aromatic ring is 1. The van der Waals surface area contributed by atoms with E-state index in [-0.39, 0.29) is 21.4 Å². The van der Waals surface area contributed by atoms with E-state index >= 15 is 0 Å². The molecule has 0 aromatic heterocycles. The third-order valence-electron chi connectivity index (χ3n) is 3.74. The summed E-state index contributed by atoms with van der Waals surface area (Å²) >= 11 is 17.8. The van der Waals surface area contributed by atoms with Crippen LogP contribution in [0.25, 0.3) is 0 Å². The van der Waals surface area contributed by atoms with Crippen molar-refractivity contribution in [3.8, 4) is 0 Å². The maximum atomic E-state index is 10.7. The molecular formula is C23H23Cl3N4O4. The molecule has 0 aliphatic heterocycles. The Bertz CT molecular complexity index is 1150. The van der Waals surface area contributed by atoms with E-state index in [2.05, 4.69) is 24.1 Å². The van der Waals surface area contributed by atoms with Gasteiger partial charge in [-0.1, -0.05) is 72.8 Å². The maximum Gasteiger partial charge on any atom is 0.335 e. The van der Waals surface area contributed by atoms with Crippen LogP contribution < -0.4 is 5.73 Å². The average Bonchev–Trinajstić information content (AvgIpc) is 2.75. The summed E-state index contributed by atoms with van der Waals surface area (Å²) in [5, 5.41) is 27.3. The largest absolute Gasteiger partial charge is 0.478 e. The van der Waals surface area contributed by atoms with Crippen LogP contribution in [-0.4, -0.2) is 16.0 Å². The topological polar surface area (TPSA) is 131 Å². The van der Waals surface area contributed by atoms with Crippen LogP contribution in [0.15, 0.2) is 64.8 Å². The van der Waals surface area contributed by atoms with Gasteiger partial charge in [-0.3, -0.25) is 10.1 Å². The fourth-order valence-corrected chi connectivity index (χ4v) is 2.94. The number of aryl methyl sites for hydroxylation is 1. The minimum atomic E-state index is -0.875. The average molecular weight is 526 g/mol. The Morgan fingerprint density at radius 2 is 1.50 bits per heavy atom. The second-order valence-electron chi connectivity index (χ2n) is 6.80. The third-order valence-corrected chi connectivity index (χ3v) is 4.62. The van der Waals surface area contributed by atoms with E-state index in [9.17, 15) is 14.9 Å². The van der Waals surface area contributed by atoms with Crippen LogP contribution >= 0.6 is 34.8 Å². The molecular weight excluding hydrogens is 503 g/mol. The first kappa shape index (κ1) is 28.8. The highest BCUT2D eigenvalue weighted by Crippen LogP contribution is 2.38. The van der Waals surface area contributed by atoms with E-state index in [1.807, 2.05) is 6.92 Å². The number of carboxylic acids is 1. The molecule has 0 atom stereocenters. The van der Waals surface area contributed by atoms with Crippen molar-refractivity contribution >= 4 is 63.5 Å². The number of anilines is 1. The molecule has 0 fully saturated rings. The van der Waals surface area contributed by atoms with E-state index in [4.69, 9.17) is 45.6 Å². The number of aromatic carboxylic acids is 1. The van der Waals surface area contributed by atoms with Crippen LogP contribution in [0.4, 0.5) is 22.7 Å². The number of carbonyl (C=O) groups is 1. The van der Waals surface area contributed by atoms with Gasteiger partial charge in [0, 0.05) is 17.8 Å². The smallest absolute Gasteiger partial charge is 0.335 e. The summed E-state index contributed by atoms with van der Waals surface area (Å²) < 4.78 is 0. The van der Waals surface area contributed by atoms with Crippen molar-refractivity contribution in [2.75, 3.05) is 5.73 Å². The van der Waals surface area contributed by atoms with Gasteiger partial charge in [0.25, 0.3) is 5.69 Å². The Hall–Kier alpha value is -3.20. The van der Waals surface area contributed by atoms with Crippen LogP contribution in [-0.2, 0) is 0 Å². The van der Waals surface area contributed by atoms with Crippen molar-refractivity contribution in [1.29, 1.82) is 0 Å².